The molecule has 1 aliphatic carbocycles. The van der Waals surface area contributed by atoms with Crippen molar-refractivity contribution >= 4 is 6.09 Å². The van der Waals surface area contributed by atoms with Crippen molar-refractivity contribution in [3.8, 4) is 23.3 Å². The molecule has 0 aromatic heterocycles. The number of hydrogen-bond donors (Lipinski definition) is 1. The quantitative estimate of drug-likeness (QED) is 0.851. The molecule has 134 valence electrons. The topological polar surface area (TPSA) is 56.8 Å². The van der Waals surface area contributed by atoms with Gasteiger partial charge in [-0.2, -0.15) is 0 Å². The van der Waals surface area contributed by atoms with Crippen molar-refractivity contribution in [1.82, 2.24) is 5.32 Å². The normalized spacial score (nSPS) is 17.8. The number of ether oxygens (including phenoxy) is 3. The summed E-state index contributed by atoms with van der Waals surface area (Å²) in [4.78, 5) is 11.6. The van der Waals surface area contributed by atoms with Crippen molar-refractivity contribution in [3.63, 3.8) is 0 Å². The molecule has 0 bridgehead atoms. The van der Waals surface area contributed by atoms with Gasteiger partial charge in [0.25, 0.3) is 0 Å². The molecule has 2 aliphatic rings. The highest BCUT2D eigenvalue weighted by molar-refractivity contribution is 5.67. The lowest BCUT2D eigenvalue weighted by Crippen LogP contribution is -2.28. The standard InChI is InChI=1S/C20H25NO4/c1-20(2)14-15-8-7-11-17(18(15)25-20)23-13-6-5-12-21-19(22)24-16-9-3-4-10-16/h7-8,11,16H,3-4,9-10,12-14H2,1-2H3,(H,21,22). The maximum atomic E-state index is 11.6. The van der Waals surface area contributed by atoms with Gasteiger partial charge in [0.15, 0.2) is 11.5 Å². The van der Waals surface area contributed by atoms with E-state index in [0.29, 0.717) is 5.75 Å². The summed E-state index contributed by atoms with van der Waals surface area (Å²) in [7, 11) is 0. The smallest absolute Gasteiger partial charge is 0.408 e. The van der Waals surface area contributed by atoms with Crippen LogP contribution in [0.1, 0.15) is 45.1 Å². The number of alkyl carbamates (subject to hydrolysis) is 1. The van der Waals surface area contributed by atoms with E-state index in [1.807, 2.05) is 12.1 Å². The van der Waals surface area contributed by atoms with Crippen molar-refractivity contribution in [1.29, 1.82) is 0 Å². The molecule has 5 heteroatoms. The van der Waals surface area contributed by atoms with Crippen molar-refractivity contribution in [2.75, 3.05) is 13.2 Å². The zero-order chi connectivity index (χ0) is 17.7. The van der Waals surface area contributed by atoms with Crippen LogP contribution in [0.25, 0.3) is 0 Å². The highest BCUT2D eigenvalue weighted by atomic mass is 16.6. The Morgan fingerprint density at radius 3 is 2.92 bits per heavy atom. The fourth-order valence-corrected chi connectivity index (χ4v) is 3.24. The fraction of sp³-hybridized carbons (Fsp3) is 0.550. The van der Waals surface area contributed by atoms with E-state index in [9.17, 15) is 4.79 Å². The summed E-state index contributed by atoms with van der Waals surface area (Å²) < 4.78 is 17.0. The molecule has 0 saturated heterocycles. The van der Waals surface area contributed by atoms with Crippen LogP contribution in [0.4, 0.5) is 4.79 Å². The molecule has 25 heavy (non-hydrogen) atoms. The van der Waals surface area contributed by atoms with Crippen molar-refractivity contribution in [2.45, 2.75) is 57.7 Å². The Labute approximate surface area is 149 Å². The third-order valence-electron chi connectivity index (χ3n) is 4.38. The lowest BCUT2D eigenvalue weighted by molar-refractivity contribution is 0.102. The molecule has 1 saturated carbocycles. The van der Waals surface area contributed by atoms with Crippen LogP contribution in [0, 0.1) is 11.8 Å². The van der Waals surface area contributed by atoms with Crippen LogP contribution in [-0.2, 0) is 11.2 Å². The molecular weight excluding hydrogens is 318 g/mol. The molecule has 1 aromatic carbocycles. The van der Waals surface area contributed by atoms with Gasteiger partial charge < -0.3 is 19.5 Å². The van der Waals surface area contributed by atoms with E-state index in [-0.39, 0.29) is 24.9 Å². The van der Waals surface area contributed by atoms with E-state index in [0.717, 1.165) is 43.4 Å². The van der Waals surface area contributed by atoms with Crippen molar-refractivity contribution in [2.24, 2.45) is 0 Å². The van der Waals surface area contributed by atoms with E-state index >= 15 is 0 Å². The summed E-state index contributed by atoms with van der Waals surface area (Å²) >= 11 is 0. The zero-order valence-corrected chi connectivity index (χ0v) is 14.9. The molecule has 0 unspecified atom stereocenters. The van der Waals surface area contributed by atoms with E-state index in [4.69, 9.17) is 14.2 Å². The summed E-state index contributed by atoms with van der Waals surface area (Å²) in [5, 5.41) is 2.65. The van der Waals surface area contributed by atoms with Crippen LogP contribution in [0.5, 0.6) is 11.5 Å². The molecule has 0 spiro atoms. The number of rotatable bonds is 4. The highest BCUT2D eigenvalue weighted by Crippen LogP contribution is 2.41. The number of benzene rings is 1. The maximum Gasteiger partial charge on any atom is 0.408 e. The Bertz CT molecular complexity index is 681. The molecule has 0 radical (unpaired) electrons. The Morgan fingerprint density at radius 1 is 1.32 bits per heavy atom. The molecule has 1 N–H and O–H groups in total. The number of fused-ring (bicyclic) bond motifs is 1. The first-order valence-corrected chi connectivity index (χ1v) is 8.87. The van der Waals surface area contributed by atoms with Gasteiger partial charge in [-0.25, -0.2) is 4.79 Å². The lowest BCUT2D eigenvalue weighted by atomic mass is 10.0. The molecular formula is C20H25NO4. The zero-order valence-electron chi connectivity index (χ0n) is 14.9. The Hall–Kier alpha value is -2.35. The molecule has 5 nitrogen and oxygen atoms in total. The average Bonchev–Trinajstić information content (AvgIpc) is 3.16. The van der Waals surface area contributed by atoms with Crippen molar-refractivity contribution in [3.05, 3.63) is 23.8 Å². The monoisotopic (exact) mass is 343 g/mol. The predicted octanol–water partition coefficient (Wildman–Crippen LogP) is 3.45. The fourth-order valence-electron chi connectivity index (χ4n) is 3.24. The first-order valence-electron chi connectivity index (χ1n) is 8.87. The van der Waals surface area contributed by atoms with Gasteiger partial charge >= 0.3 is 6.09 Å². The van der Waals surface area contributed by atoms with Gasteiger partial charge in [0.1, 0.15) is 18.3 Å². The number of amides is 1. The SMILES string of the molecule is CC1(C)Cc2cccc(OCC#CCNC(=O)OC3CCCC3)c2O1. The number of hydrogen-bond acceptors (Lipinski definition) is 4. The summed E-state index contributed by atoms with van der Waals surface area (Å²) in [6.45, 7) is 4.63. The van der Waals surface area contributed by atoms with Crippen LogP contribution < -0.4 is 14.8 Å². The van der Waals surface area contributed by atoms with Gasteiger partial charge in [0.2, 0.25) is 0 Å². The molecule has 3 rings (SSSR count). The van der Waals surface area contributed by atoms with E-state index in [2.05, 4.69) is 37.1 Å². The van der Waals surface area contributed by atoms with E-state index in [1.54, 1.807) is 0 Å². The minimum Gasteiger partial charge on any atom is -0.483 e. The van der Waals surface area contributed by atoms with Crippen LogP contribution in [0.2, 0.25) is 0 Å². The molecule has 1 heterocycles. The summed E-state index contributed by atoms with van der Waals surface area (Å²) in [5.74, 6) is 7.29. The second-order valence-corrected chi connectivity index (χ2v) is 7.09. The first kappa shape index (κ1) is 17.5. The second kappa shape index (κ2) is 7.69. The molecule has 1 aromatic rings. The van der Waals surface area contributed by atoms with Gasteiger partial charge in [0, 0.05) is 12.0 Å². The van der Waals surface area contributed by atoms with Crippen LogP contribution in [0.15, 0.2) is 18.2 Å². The number of para-hydroxylation sites is 1. The van der Waals surface area contributed by atoms with Crippen LogP contribution in [0.3, 0.4) is 0 Å². The van der Waals surface area contributed by atoms with Gasteiger partial charge in [-0.05, 0) is 45.6 Å². The van der Waals surface area contributed by atoms with Crippen molar-refractivity contribution < 1.29 is 19.0 Å². The summed E-state index contributed by atoms with van der Waals surface area (Å²) in [6.07, 6.45) is 4.76. The lowest BCUT2D eigenvalue weighted by Gasteiger charge is -2.17. The number of carbonyl (C=O) groups is 1. The maximum absolute atomic E-state index is 11.6. The van der Waals surface area contributed by atoms with Gasteiger partial charge in [-0.15, -0.1) is 0 Å². The van der Waals surface area contributed by atoms with Crippen LogP contribution in [-0.4, -0.2) is 30.9 Å². The van der Waals surface area contributed by atoms with Gasteiger partial charge in [-0.3, -0.25) is 0 Å². The van der Waals surface area contributed by atoms with E-state index in [1.165, 1.54) is 0 Å². The first-order chi connectivity index (χ1) is 12.0. The highest BCUT2D eigenvalue weighted by Gasteiger charge is 2.32. The molecule has 0 atom stereocenters. The second-order valence-electron chi connectivity index (χ2n) is 7.09. The third-order valence-corrected chi connectivity index (χ3v) is 4.38. The van der Waals surface area contributed by atoms with Gasteiger partial charge in [0.05, 0.1) is 6.54 Å². The summed E-state index contributed by atoms with van der Waals surface area (Å²) in [5.41, 5.74) is 0.962. The van der Waals surface area contributed by atoms with Gasteiger partial charge in [-0.1, -0.05) is 24.0 Å². The Morgan fingerprint density at radius 2 is 2.12 bits per heavy atom. The third kappa shape index (κ3) is 4.82. The summed E-state index contributed by atoms with van der Waals surface area (Å²) in [6, 6.07) is 5.91. The predicted molar refractivity (Wildman–Crippen MR) is 94.9 cm³/mol. The minimum absolute atomic E-state index is 0.0701. The minimum atomic E-state index is -0.390. The molecule has 1 amide bonds. The largest absolute Gasteiger partial charge is 0.483 e. The molecule has 1 fully saturated rings. The Kier molecular flexibility index (Phi) is 5.37. The number of nitrogens with one attached hydrogen (secondary N) is 1. The number of carbonyl (C=O) groups excluding carboxylic acids is 1. The average molecular weight is 343 g/mol. The van der Waals surface area contributed by atoms with E-state index < -0.39 is 6.09 Å². The van der Waals surface area contributed by atoms with Crippen LogP contribution >= 0.6 is 0 Å². The molecule has 1 aliphatic heterocycles. The Balaban J connectivity index is 1.40.